The van der Waals surface area contributed by atoms with E-state index >= 15 is 0 Å². The van der Waals surface area contributed by atoms with Gasteiger partial charge in [0, 0.05) is 13.3 Å². The molecule has 0 N–H and O–H groups in total. The molecule has 1 aliphatic rings. The average Bonchev–Trinajstić information content (AvgIpc) is 2.10. The zero-order chi connectivity index (χ0) is 11.3. The Hall–Kier alpha value is -0.520. The van der Waals surface area contributed by atoms with E-state index in [9.17, 15) is 0 Å². The summed E-state index contributed by atoms with van der Waals surface area (Å²) in [6, 6.07) is 0. The number of ether oxygens (including phenoxy) is 2. The smallest absolute Gasteiger partial charge is 0.231 e. The van der Waals surface area contributed by atoms with Crippen molar-refractivity contribution in [3.05, 3.63) is 0 Å². The van der Waals surface area contributed by atoms with Gasteiger partial charge < -0.3 is 9.47 Å². The summed E-state index contributed by atoms with van der Waals surface area (Å²) in [5.41, 5.74) is 0. The molecule has 0 unspecified atom stereocenters. The number of rotatable bonds is 2. The molecule has 1 fully saturated rings. The van der Waals surface area contributed by atoms with Crippen molar-refractivity contribution in [1.29, 1.82) is 0 Å². The Labute approximate surface area is 93.3 Å². The van der Waals surface area contributed by atoms with Crippen LogP contribution in [0.15, 0.2) is 0 Å². The SMILES string of the molecule is CCCCC#CC1(C)O[C@H](C)C[C@@H](C)O1. The molecule has 0 radical (unpaired) electrons. The van der Waals surface area contributed by atoms with Crippen molar-refractivity contribution in [1.82, 2.24) is 0 Å². The molecule has 0 aromatic heterocycles. The van der Waals surface area contributed by atoms with Gasteiger partial charge in [-0.1, -0.05) is 19.3 Å². The molecule has 1 saturated heterocycles. The van der Waals surface area contributed by atoms with Crippen LogP contribution in [0.4, 0.5) is 0 Å². The van der Waals surface area contributed by atoms with Crippen LogP contribution in [-0.2, 0) is 9.47 Å². The predicted molar refractivity (Wildman–Crippen MR) is 61.4 cm³/mol. The van der Waals surface area contributed by atoms with Crippen molar-refractivity contribution in [3.8, 4) is 11.8 Å². The molecule has 0 aliphatic carbocycles. The van der Waals surface area contributed by atoms with Gasteiger partial charge in [-0.2, -0.15) is 0 Å². The minimum Gasteiger partial charge on any atom is -0.337 e. The average molecular weight is 210 g/mol. The molecule has 1 heterocycles. The lowest BCUT2D eigenvalue weighted by molar-refractivity contribution is -0.269. The molecule has 0 spiro atoms. The predicted octanol–water partition coefficient (Wildman–Crippen LogP) is 3.11. The first-order valence-corrected chi connectivity index (χ1v) is 5.91. The lowest BCUT2D eigenvalue weighted by Gasteiger charge is -2.37. The number of unbranched alkanes of at least 4 members (excludes halogenated alkanes) is 2. The van der Waals surface area contributed by atoms with E-state index in [1.807, 2.05) is 6.92 Å². The fourth-order valence-electron chi connectivity index (χ4n) is 1.91. The summed E-state index contributed by atoms with van der Waals surface area (Å²) < 4.78 is 11.5. The molecule has 2 nitrogen and oxygen atoms in total. The van der Waals surface area contributed by atoms with Gasteiger partial charge in [0.2, 0.25) is 5.79 Å². The van der Waals surface area contributed by atoms with Gasteiger partial charge in [-0.15, -0.1) is 0 Å². The molecule has 0 amide bonds. The first-order valence-electron chi connectivity index (χ1n) is 5.91. The molecule has 1 rings (SSSR count). The molecule has 15 heavy (non-hydrogen) atoms. The van der Waals surface area contributed by atoms with E-state index in [1.54, 1.807) is 0 Å². The second kappa shape index (κ2) is 5.53. The summed E-state index contributed by atoms with van der Waals surface area (Å²) in [4.78, 5) is 0. The van der Waals surface area contributed by atoms with Crippen LogP contribution in [0.1, 0.15) is 53.4 Å². The standard InChI is InChI=1S/C13H22O2/c1-5-6-7-8-9-13(4)14-11(2)10-12(3)15-13/h11-12H,5-7,10H2,1-4H3/t11-,12-/m1/s1. The third-order valence-corrected chi connectivity index (χ3v) is 2.49. The van der Waals surface area contributed by atoms with E-state index in [-0.39, 0.29) is 12.2 Å². The third kappa shape index (κ3) is 4.24. The van der Waals surface area contributed by atoms with E-state index in [0.717, 1.165) is 19.3 Å². The summed E-state index contributed by atoms with van der Waals surface area (Å²) in [6.07, 6.45) is 4.68. The van der Waals surface area contributed by atoms with Gasteiger partial charge in [0.05, 0.1) is 12.2 Å². The molecule has 0 bridgehead atoms. The molecular formula is C13H22O2. The van der Waals surface area contributed by atoms with Crippen molar-refractivity contribution in [3.63, 3.8) is 0 Å². The summed E-state index contributed by atoms with van der Waals surface area (Å²) >= 11 is 0. The van der Waals surface area contributed by atoms with Gasteiger partial charge in [0.1, 0.15) is 0 Å². The maximum Gasteiger partial charge on any atom is 0.231 e. The van der Waals surface area contributed by atoms with Crippen LogP contribution in [-0.4, -0.2) is 18.0 Å². The molecule has 2 heteroatoms. The first kappa shape index (κ1) is 12.5. The zero-order valence-electron chi connectivity index (χ0n) is 10.3. The topological polar surface area (TPSA) is 18.5 Å². The molecule has 2 atom stereocenters. The quantitative estimate of drug-likeness (QED) is 0.515. The highest BCUT2D eigenvalue weighted by Crippen LogP contribution is 2.26. The zero-order valence-corrected chi connectivity index (χ0v) is 10.3. The second-order valence-electron chi connectivity index (χ2n) is 4.44. The van der Waals surface area contributed by atoms with E-state index in [2.05, 4.69) is 32.6 Å². The fraction of sp³-hybridized carbons (Fsp3) is 0.846. The first-order chi connectivity index (χ1) is 7.06. The Bertz CT molecular complexity index is 239. The normalized spacial score (nSPS) is 35.7. The highest BCUT2D eigenvalue weighted by Gasteiger charge is 2.34. The van der Waals surface area contributed by atoms with Crippen LogP contribution in [0.2, 0.25) is 0 Å². The summed E-state index contributed by atoms with van der Waals surface area (Å²) in [6.45, 7) is 8.23. The molecular weight excluding hydrogens is 188 g/mol. The van der Waals surface area contributed by atoms with Crippen LogP contribution < -0.4 is 0 Å². The molecule has 86 valence electrons. The third-order valence-electron chi connectivity index (χ3n) is 2.49. The van der Waals surface area contributed by atoms with Crippen LogP contribution in [0.3, 0.4) is 0 Å². The van der Waals surface area contributed by atoms with Crippen LogP contribution in [0.25, 0.3) is 0 Å². The number of hydrogen-bond donors (Lipinski definition) is 0. The van der Waals surface area contributed by atoms with E-state index in [4.69, 9.17) is 9.47 Å². The Morgan fingerprint density at radius 3 is 2.40 bits per heavy atom. The van der Waals surface area contributed by atoms with Gasteiger partial charge >= 0.3 is 0 Å². The maximum absolute atomic E-state index is 5.73. The van der Waals surface area contributed by atoms with Gasteiger partial charge in [0.25, 0.3) is 0 Å². The minimum absolute atomic E-state index is 0.235. The summed E-state index contributed by atoms with van der Waals surface area (Å²) in [7, 11) is 0. The second-order valence-corrected chi connectivity index (χ2v) is 4.44. The minimum atomic E-state index is -0.690. The Morgan fingerprint density at radius 1 is 1.27 bits per heavy atom. The van der Waals surface area contributed by atoms with Crippen molar-refractivity contribution < 1.29 is 9.47 Å². The molecule has 0 saturated carbocycles. The molecule has 0 aromatic carbocycles. The van der Waals surface area contributed by atoms with Gasteiger partial charge in [-0.25, -0.2) is 0 Å². The molecule has 1 aliphatic heterocycles. The Morgan fingerprint density at radius 2 is 1.87 bits per heavy atom. The van der Waals surface area contributed by atoms with E-state index in [1.165, 1.54) is 6.42 Å². The van der Waals surface area contributed by atoms with E-state index in [0.29, 0.717) is 0 Å². The van der Waals surface area contributed by atoms with Crippen molar-refractivity contribution >= 4 is 0 Å². The molecule has 0 aromatic rings. The number of hydrogen-bond acceptors (Lipinski definition) is 2. The highest BCUT2D eigenvalue weighted by atomic mass is 16.7. The lowest BCUT2D eigenvalue weighted by Crippen LogP contribution is -2.43. The van der Waals surface area contributed by atoms with E-state index < -0.39 is 5.79 Å². The van der Waals surface area contributed by atoms with Crippen molar-refractivity contribution in [2.24, 2.45) is 0 Å². The van der Waals surface area contributed by atoms with Crippen molar-refractivity contribution in [2.75, 3.05) is 0 Å². The summed E-state index contributed by atoms with van der Waals surface area (Å²) in [5, 5.41) is 0. The fourth-order valence-corrected chi connectivity index (χ4v) is 1.91. The van der Waals surface area contributed by atoms with Gasteiger partial charge in [-0.05, 0) is 32.6 Å². The van der Waals surface area contributed by atoms with Crippen LogP contribution in [0, 0.1) is 11.8 Å². The van der Waals surface area contributed by atoms with Gasteiger partial charge in [0.15, 0.2) is 0 Å². The summed E-state index contributed by atoms with van der Waals surface area (Å²) in [5.74, 6) is 5.55. The Balaban J connectivity index is 2.51. The highest BCUT2D eigenvalue weighted by molar-refractivity contribution is 5.10. The van der Waals surface area contributed by atoms with Crippen LogP contribution >= 0.6 is 0 Å². The Kier molecular flexibility index (Phi) is 4.63. The van der Waals surface area contributed by atoms with Crippen molar-refractivity contribution in [2.45, 2.75) is 71.4 Å². The maximum atomic E-state index is 5.73. The van der Waals surface area contributed by atoms with Crippen LogP contribution in [0.5, 0.6) is 0 Å². The lowest BCUT2D eigenvalue weighted by atomic mass is 10.1. The largest absolute Gasteiger partial charge is 0.337 e. The monoisotopic (exact) mass is 210 g/mol. The van der Waals surface area contributed by atoms with Gasteiger partial charge in [-0.3, -0.25) is 0 Å².